The van der Waals surface area contributed by atoms with Crippen molar-refractivity contribution in [3.63, 3.8) is 0 Å². The third-order valence-corrected chi connectivity index (χ3v) is 4.40. The van der Waals surface area contributed by atoms with Gasteiger partial charge in [0.15, 0.2) is 0 Å². The normalized spacial score (nSPS) is 11.7. The summed E-state index contributed by atoms with van der Waals surface area (Å²) in [5.74, 6) is 0. The molecule has 0 saturated carbocycles. The van der Waals surface area contributed by atoms with Gasteiger partial charge in [-0.15, -0.1) is 0 Å². The maximum absolute atomic E-state index is 11.1. The molecule has 7 heteroatoms. The molecule has 0 aliphatic rings. The number of hydrogen-bond donors (Lipinski definition) is 3. The van der Waals surface area contributed by atoms with E-state index in [-0.39, 0.29) is 10.7 Å². The zero-order chi connectivity index (χ0) is 18.1. The molecule has 0 radical (unpaired) electrons. The van der Waals surface area contributed by atoms with E-state index in [0.717, 1.165) is 51.1 Å². The van der Waals surface area contributed by atoms with Crippen LogP contribution in [-0.4, -0.2) is 59.3 Å². The summed E-state index contributed by atoms with van der Waals surface area (Å²) in [5, 5.41) is 11.3. The van der Waals surface area contributed by atoms with E-state index in [1.54, 1.807) is 12.1 Å². The number of quaternary nitrogens is 3. The maximum atomic E-state index is 11.1. The van der Waals surface area contributed by atoms with Gasteiger partial charge in [-0.3, -0.25) is 10.1 Å². The van der Waals surface area contributed by atoms with Crippen LogP contribution in [0.4, 0.5) is 5.69 Å². The van der Waals surface area contributed by atoms with Crippen LogP contribution >= 0.6 is 11.6 Å². The molecule has 1 aromatic carbocycles. The van der Waals surface area contributed by atoms with Crippen molar-refractivity contribution in [3.8, 4) is 0 Å². The van der Waals surface area contributed by atoms with E-state index < -0.39 is 4.92 Å². The first-order chi connectivity index (χ1) is 11.3. The monoisotopic (exact) mass is 359 g/mol. The summed E-state index contributed by atoms with van der Waals surface area (Å²) in [7, 11) is 8.66. The maximum Gasteiger partial charge on any atom is 0.288 e. The molecular weight excluding hydrogens is 328 g/mol. The molecule has 0 aliphatic carbocycles. The molecule has 0 saturated heterocycles. The van der Waals surface area contributed by atoms with Crippen LogP contribution in [0.15, 0.2) is 18.2 Å². The highest BCUT2D eigenvalue weighted by Crippen LogP contribution is 2.24. The lowest BCUT2D eigenvalue weighted by Gasteiger charge is -2.20. The van der Waals surface area contributed by atoms with Gasteiger partial charge in [0.25, 0.3) is 5.69 Å². The Bertz CT molecular complexity index is 509. The largest absolute Gasteiger partial charge is 0.340 e. The van der Waals surface area contributed by atoms with Crippen LogP contribution in [0, 0.1) is 10.1 Å². The zero-order valence-corrected chi connectivity index (χ0v) is 16.1. The first-order valence-corrected chi connectivity index (χ1v) is 9.02. The van der Waals surface area contributed by atoms with Gasteiger partial charge in [0.05, 0.1) is 59.3 Å². The number of hydrogen-bond acceptors (Lipinski definition) is 2. The fraction of sp³-hybridized carbons (Fsp3) is 0.647. The third kappa shape index (κ3) is 8.06. The quantitative estimate of drug-likeness (QED) is 0.340. The van der Waals surface area contributed by atoms with Gasteiger partial charge in [0.2, 0.25) is 0 Å². The van der Waals surface area contributed by atoms with E-state index in [0.29, 0.717) is 0 Å². The minimum atomic E-state index is -0.406. The van der Waals surface area contributed by atoms with Gasteiger partial charge < -0.3 is 14.7 Å². The molecule has 6 nitrogen and oxygen atoms in total. The smallest absolute Gasteiger partial charge is 0.288 e. The van der Waals surface area contributed by atoms with Crippen molar-refractivity contribution in [3.05, 3.63) is 38.9 Å². The number of nitro benzene ring substituents is 1. The molecule has 136 valence electrons. The van der Waals surface area contributed by atoms with Crippen LogP contribution in [0.2, 0.25) is 5.02 Å². The lowest BCUT2D eigenvalue weighted by molar-refractivity contribution is -0.925. The molecule has 0 spiro atoms. The third-order valence-electron chi connectivity index (χ3n) is 4.08. The summed E-state index contributed by atoms with van der Waals surface area (Å²) in [6.07, 6.45) is 2.31. The average molecular weight is 360 g/mol. The van der Waals surface area contributed by atoms with Gasteiger partial charge in [0.1, 0.15) is 11.6 Å². The Morgan fingerprint density at radius 1 is 1.00 bits per heavy atom. The first kappa shape index (κ1) is 20.8. The number of rotatable bonds is 11. The predicted molar refractivity (Wildman–Crippen MR) is 97.1 cm³/mol. The van der Waals surface area contributed by atoms with Gasteiger partial charge in [-0.05, 0) is 6.07 Å². The molecule has 3 N–H and O–H groups in total. The van der Waals surface area contributed by atoms with E-state index in [4.69, 9.17) is 11.6 Å². The van der Waals surface area contributed by atoms with Crippen molar-refractivity contribution in [1.29, 1.82) is 0 Å². The van der Waals surface area contributed by atoms with Crippen molar-refractivity contribution < 1.29 is 19.6 Å². The fourth-order valence-electron chi connectivity index (χ4n) is 2.78. The SMILES string of the molecule is C[NH+](C)CCC[NH+](CCC[NH+](C)C)Cc1ccc(Cl)c([N+](=O)[O-])c1. The summed E-state index contributed by atoms with van der Waals surface area (Å²) in [6, 6.07) is 5.17. The van der Waals surface area contributed by atoms with E-state index in [9.17, 15) is 10.1 Å². The molecule has 0 unspecified atom stereocenters. The number of nitro groups is 1. The lowest BCUT2D eigenvalue weighted by atomic mass is 10.1. The molecule has 1 aromatic rings. The summed E-state index contributed by atoms with van der Waals surface area (Å²) >= 11 is 5.91. The van der Waals surface area contributed by atoms with Crippen LogP contribution in [0.25, 0.3) is 0 Å². The van der Waals surface area contributed by atoms with Crippen molar-refractivity contribution in [2.45, 2.75) is 19.4 Å². The van der Waals surface area contributed by atoms with Crippen LogP contribution in [0.1, 0.15) is 18.4 Å². The molecule has 24 heavy (non-hydrogen) atoms. The zero-order valence-electron chi connectivity index (χ0n) is 15.3. The molecule has 0 fully saturated rings. The highest BCUT2D eigenvalue weighted by Gasteiger charge is 2.16. The Labute approximate surface area is 150 Å². The van der Waals surface area contributed by atoms with Crippen LogP contribution in [0.5, 0.6) is 0 Å². The van der Waals surface area contributed by atoms with Gasteiger partial charge >= 0.3 is 0 Å². The first-order valence-electron chi connectivity index (χ1n) is 8.64. The van der Waals surface area contributed by atoms with Crippen LogP contribution in [-0.2, 0) is 6.54 Å². The standard InChI is InChI=1S/C17H29ClN4O2/c1-19(2)9-5-11-21(12-6-10-20(3)4)14-15-7-8-16(18)17(13-15)22(23)24/h7-8,13H,5-6,9-12,14H2,1-4H3/p+3. The Balaban J connectivity index is 2.71. The minimum Gasteiger partial charge on any atom is -0.340 e. The summed E-state index contributed by atoms with van der Waals surface area (Å²) in [6.45, 7) is 5.27. The van der Waals surface area contributed by atoms with E-state index in [1.807, 2.05) is 6.07 Å². The summed E-state index contributed by atoms with van der Waals surface area (Å²) < 4.78 is 0. The topological polar surface area (TPSA) is 56.5 Å². The minimum absolute atomic E-state index is 0.00369. The molecule has 0 bridgehead atoms. The van der Waals surface area contributed by atoms with Crippen LogP contribution in [0.3, 0.4) is 0 Å². The molecule has 0 heterocycles. The highest BCUT2D eigenvalue weighted by molar-refractivity contribution is 6.32. The van der Waals surface area contributed by atoms with E-state index >= 15 is 0 Å². The average Bonchev–Trinajstić information content (AvgIpc) is 2.47. The Kier molecular flexibility index (Phi) is 9.21. The van der Waals surface area contributed by atoms with Gasteiger partial charge in [-0.25, -0.2) is 0 Å². The molecule has 0 amide bonds. The van der Waals surface area contributed by atoms with Crippen molar-refractivity contribution in [2.24, 2.45) is 0 Å². The number of benzene rings is 1. The molecule has 1 rings (SSSR count). The summed E-state index contributed by atoms with van der Waals surface area (Å²) in [4.78, 5) is 15.0. The van der Waals surface area contributed by atoms with Gasteiger partial charge in [-0.1, -0.05) is 17.7 Å². The van der Waals surface area contributed by atoms with Crippen molar-refractivity contribution in [2.75, 3.05) is 54.4 Å². The second-order valence-corrected chi connectivity index (χ2v) is 7.50. The van der Waals surface area contributed by atoms with E-state index in [2.05, 4.69) is 28.2 Å². The lowest BCUT2D eigenvalue weighted by Crippen LogP contribution is -3.13. The predicted octanol–water partition coefficient (Wildman–Crippen LogP) is -1.30. The number of nitrogens with zero attached hydrogens (tertiary/aromatic N) is 1. The van der Waals surface area contributed by atoms with Gasteiger partial charge in [0, 0.05) is 24.5 Å². The van der Waals surface area contributed by atoms with E-state index in [1.165, 1.54) is 14.7 Å². The second-order valence-electron chi connectivity index (χ2n) is 7.09. The molecular formula is C17H32ClN4O2+3. The number of halogens is 1. The molecule has 0 atom stereocenters. The fourth-order valence-corrected chi connectivity index (χ4v) is 2.97. The van der Waals surface area contributed by atoms with Crippen LogP contribution < -0.4 is 14.7 Å². The Morgan fingerprint density at radius 3 is 2.00 bits per heavy atom. The van der Waals surface area contributed by atoms with Crippen molar-refractivity contribution >= 4 is 17.3 Å². The highest BCUT2D eigenvalue weighted by atomic mass is 35.5. The molecule has 0 aliphatic heterocycles. The number of nitrogens with one attached hydrogen (secondary N) is 3. The Hall–Kier alpha value is -1.21. The van der Waals surface area contributed by atoms with Gasteiger partial charge in [-0.2, -0.15) is 0 Å². The molecule has 0 aromatic heterocycles. The van der Waals surface area contributed by atoms with Crippen molar-refractivity contribution in [1.82, 2.24) is 0 Å². The Morgan fingerprint density at radius 2 is 1.54 bits per heavy atom. The summed E-state index contributed by atoms with van der Waals surface area (Å²) in [5.41, 5.74) is 0.986. The second kappa shape index (κ2) is 10.6.